The van der Waals surface area contributed by atoms with E-state index < -0.39 is 17.5 Å². The second kappa shape index (κ2) is 5.44. The number of methoxy groups -OCH3 is 1. The summed E-state index contributed by atoms with van der Waals surface area (Å²) in [7, 11) is 1.23. The minimum absolute atomic E-state index is 0.356. The van der Waals surface area contributed by atoms with Crippen molar-refractivity contribution in [2.45, 2.75) is 31.2 Å². The number of urea groups is 1. The molecule has 1 saturated heterocycles. The summed E-state index contributed by atoms with van der Waals surface area (Å²) < 4.78 is 4.57. The monoisotopic (exact) mass is 302 g/mol. The normalized spacial score (nSPS) is 24.0. The zero-order valence-electron chi connectivity index (χ0n) is 12.4. The van der Waals surface area contributed by atoms with Crippen molar-refractivity contribution in [3.8, 4) is 0 Å². The number of nitrogens with one attached hydrogen (secondary N) is 1. The van der Waals surface area contributed by atoms with E-state index in [1.54, 1.807) is 0 Å². The first-order valence-electron chi connectivity index (χ1n) is 7.38. The van der Waals surface area contributed by atoms with E-state index in [2.05, 4.69) is 10.1 Å². The standard InChI is InChI=1S/C16H18N2O4/c1-22-13(19)10-18-14(20)16(17-15(18)21)9-5-4-7-11-6-2-3-8-12(11)16/h2-3,6,8H,4-5,7,9-10H2,1H3,(H,17,21). The third-order valence-electron chi connectivity index (χ3n) is 4.42. The van der Waals surface area contributed by atoms with Gasteiger partial charge in [-0.25, -0.2) is 4.79 Å². The molecular weight excluding hydrogens is 284 g/mol. The van der Waals surface area contributed by atoms with Gasteiger partial charge in [-0.3, -0.25) is 14.5 Å². The van der Waals surface area contributed by atoms with Crippen molar-refractivity contribution in [2.24, 2.45) is 0 Å². The van der Waals surface area contributed by atoms with Crippen molar-refractivity contribution in [1.29, 1.82) is 0 Å². The maximum atomic E-state index is 12.9. The summed E-state index contributed by atoms with van der Waals surface area (Å²) in [6, 6.07) is 7.15. The fourth-order valence-electron chi connectivity index (χ4n) is 3.31. The number of amides is 3. The highest BCUT2D eigenvalue weighted by molar-refractivity contribution is 6.09. The van der Waals surface area contributed by atoms with Crippen molar-refractivity contribution in [3.63, 3.8) is 0 Å². The predicted molar refractivity (Wildman–Crippen MR) is 77.9 cm³/mol. The van der Waals surface area contributed by atoms with Crippen LogP contribution >= 0.6 is 0 Å². The number of hydrogen-bond acceptors (Lipinski definition) is 4. The number of carbonyl (C=O) groups is 3. The third-order valence-corrected chi connectivity index (χ3v) is 4.42. The average molecular weight is 302 g/mol. The van der Waals surface area contributed by atoms with E-state index >= 15 is 0 Å². The molecule has 1 N–H and O–H groups in total. The zero-order valence-corrected chi connectivity index (χ0v) is 12.4. The van der Waals surface area contributed by atoms with Crippen LogP contribution in [-0.2, 0) is 26.3 Å². The molecular formula is C16H18N2O4. The maximum Gasteiger partial charge on any atom is 0.325 e. The van der Waals surface area contributed by atoms with Crippen LogP contribution in [0.2, 0.25) is 0 Å². The summed E-state index contributed by atoms with van der Waals surface area (Å²) in [5.41, 5.74) is 0.879. The molecule has 3 rings (SSSR count). The SMILES string of the molecule is COC(=O)CN1C(=O)NC2(CCCCc3ccccc32)C1=O. The minimum atomic E-state index is -1.04. The third kappa shape index (κ3) is 2.15. The summed E-state index contributed by atoms with van der Waals surface area (Å²) in [4.78, 5) is 37.5. The van der Waals surface area contributed by atoms with Crippen molar-refractivity contribution >= 4 is 17.9 Å². The Hall–Kier alpha value is -2.37. The van der Waals surface area contributed by atoms with Crippen molar-refractivity contribution < 1.29 is 19.1 Å². The van der Waals surface area contributed by atoms with E-state index in [1.807, 2.05) is 24.3 Å². The molecule has 0 bridgehead atoms. The second-order valence-corrected chi connectivity index (χ2v) is 5.67. The molecule has 1 unspecified atom stereocenters. The molecule has 1 aromatic carbocycles. The Balaban J connectivity index is 2.02. The molecule has 2 aliphatic rings. The van der Waals surface area contributed by atoms with E-state index in [9.17, 15) is 14.4 Å². The maximum absolute atomic E-state index is 12.9. The Morgan fingerprint density at radius 3 is 2.86 bits per heavy atom. The molecule has 0 aromatic heterocycles. The van der Waals surface area contributed by atoms with Gasteiger partial charge in [-0.05, 0) is 36.8 Å². The highest BCUT2D eigenvalue weighted by Crippen LogP contribution is 2.38. The van der Waals surface area contributed by atoms with Crippen LogP contribution in [0.3, 0.4) is 0 Å². The van der Waals surface area contributed by atoms with Gasteiger partial charge in [0, 0.05) is 0 Å². The van der Waals surface area contributed by atoms with E-state index in [1.165, 1.54) is 7.11 Å². The molecule has 1 aliphatic carbocycles. The fraction of sp³-hybridized carbons (Fsp3) is 0.438. The van der Waals surface area contributed by atoms with Crippen LogP contribution in [0.15, 0.2) is 24.3 Å². The summed E-state index contributed by atoms with van der Waals surface area (Å²) in [5.74, 6) is -0.972. The van der Waals surface area contributed by atoms with Crippen molar-refractivity contribution in [2.75, 3.05) is 13.7 Å². The Bertz CT molecular complexity index is 643. The van der Waals surface area contributed by atoms with Gasteiger partial charge in [0.2, 0.25) is 0 Å². The molecule has 0 radical (unpaired) electrons. The van der Waals surface area contributed by atoms with Crippen molar-refractivity contribution in [1.82, 2.24) is 10.2 Å². The lowest BCUT2D eigenvalue weighted by Crippen LogP contribution is -2.44. The number of fused-ring (bicyclic) bond motifs is 2. The molecule has 1 atom stereocenters. The number of imide groups is 1. The molecule has 1 aliphatic heterocycles. The Morgan fingerprint density at radius 1 is 1.32 bits per heavy atom. The number of benzene rings is 1. The van der Waals surface area contributed by atoms with Gasteiger partial charge in [0.15, 0.2) is 0 Å². The summed E-state index contributed by atoms with van der Waals surface area (Å²) in [5, 5.41) is 2.82. The number of nitrogens with zero attached hydrogens (tertiary/aromatic N) is 1. The number of rotatable bonds is 2. The van der Waals surface area contributed by atoms with E-state index in [-0.39, 0.29) is 12.5 Å². The van der Waals surface area contributed by atoms with E-state index in [4.69, 9.17) is 0 Å². The quantitative estimate of drug-likeness (QED) is 0.660. The summed E-state index contributed by atoms with van der Waals surface area (Å²) >= 11 is 0. The van der Waals surface area contributed by atoms with Gasteiger partial charge >= 0.3 is 12.0 Å². The second-order valence-electron chi connectivity index (χ2n) is 5.67. The first-order chi connectivity index (χ1) is 10.6. The van der Waals surface area contributed by atoms with Crippen LogP contribution in [0.1, 0.15) is 30.4 Å². The molecule has 1 aromatic rings. The molecule has 1 spiro atoms. The van der Waals surface area contributed by atoms with Gasteiger partial charge in [-0.15, -0.1) is 0 Å². The minimum Gasteiger partial charge on any atom is -0.468 e. The lowest BCUT2D eigenvalue weighted by atomic mass is 9.84. The summed E-state index contributed by atoms with van der Waals surface area (Å²) in [6.45, 7) is -0.356. The molecule has 6 nitrogen and oxygen atoms in total. The van der Waals surface area contributed by atoms with Gasteiger partial charge in [-0.1, -0.05) is 24.3 Å². The molecule has 6 heteroatoms. The molecule has 1 heterocycles. The lowest BCUT2D eigenvalue weighted by molar-refractivity contribution is -0.145. The smallest absolute Gasteiger partial charge is 0.325 e. The van der Waals surface area contributed by atoms with Gasteiger partial charge in [-0.2, -0.15) is 0 Å². The van der Waals surface area contributed by atoms with Crippen LogP contribution < -0.4 is 5.32 Å². The zero-order chi connectivity index (χ0) is 15.7. The fourth-order valence-corrected chi connectivity index (χ4v) is 3.31. The Morgan fingerprint density at radius 2 is 2.09 bits per heavy atom. The van der Waals surface area contributed by atoms with Gasteiger partial charge in [0.25, 0.3) is 5.91 Å². The number of ether oxygens (including phenoxy) is 1. The van der Waals surface area contributed by atoms with Crippen LogP contribution in [0.4, 0.5) is 4.79 Å². The first-order valence-corrected chi connectivity index (χ1v) is 7.38. The van der Waals surface area contributed by atoms with E-state index in [0.29, 0.717) is 6.42 Å². The van der Waals surface area contributed by atoms with Crippen LogP contribution in [-0.4, -0.2) is 36.5 Å². The Labute approximate surface area is 128 Å². The molecule has 1 fully saturated rings. The average Bonchev–Trinajstić information content (AvgIpc) is 2.67. The van der Waals surface area contributed by atoms with Crippen LogP contribution in [0.5, 0.6) is 0 Å². The molecule has 22 heavy (non-hydrogen) atoms. The van der Waals surface area contributed by atoms with Crippen LogP contribution in [0.25, 0.3) is 0 Å². The van der Waals surface area contributed by atoms with Gasteiger partial charge < -0.3 is 10.1 Å². The molecule has 3 amide bonds. The highest BCUT2D eigenvalue weighted by atomic mass is 16.5. The largest absolute Gasteiger partial charge is 0.468 e. The van der Waals surface area contributed by atoms with E-state index in [0.717, 1.165) is 35.3 Å². The lowest BCUT2D eigenvalue weighted by Gasteiger charge is -2.27. The number of carbonyl (C=O) groups excluding carboxylic acids is 3. The Kier molecular flexibility index (Phi) is 3.60. The molecule has 0 saturated carbocycles. The number of esters is 1. The number of aryl methyl sites for hydroxylation is 1. The topological polar surface area (TPSA) is 75.7 Å². The van der Waals surface area contributed by atoms with Crippen LogP contribution in [0, 0.1) is 0 Å². The summed E-state index contributed by atoms with van der Waals surface area (Å²) in [6.07, 6.45) is 3.25. The highest BCUT2D eigenvalue weighted by Gasteiger charge is 2.53. The number of hydrogen-bond donors (Lipinski definition) is 1. The van der Waals surface area contributed by atoms with Gasteiger partial charge in [0.1, 0.15) is 12.1 Å². The van der Waals surface area contributed by atoms with Crippen molar-refractivity contribution in [3.05, 3.63) is 35.4 Å². The molecule has 116 valence electrons. The predicted octanol–water partition coefficient (Wildman–Crippen LogP) is 1.33. The first kappa shape index (κ1) is 14.6. The van der Waals surface area contributed by atoms with Gasteiger partial charge in [0.05, 0.1) is 7.11 Å².